The molecule has 1 rings (SSSR count). The van der Waals surface area contributed by atoms with E-state index in [1.807, 2.05) is 13.8 Å². The summed E-state index contributed by atoms with van der Waals surface area (Å²) in [5, 5.41) is 0. The van der Waals surface area contributed by atoms with Crippen molar-refractivity contribution in [2.45, 2.75) is 26.2 Å². The SMILES string of the molecule is C=CCC(C=O)c1cc(C)cc(C)c1. The molecule has 0 N–H and O–H groups in total. The van der Waals surface area contributed by atoms with Gasteiger partial charge in [-0.05, 0) is 25.8 Å². The van der Waals surface area contributed by atoms with Crippen molar-refractivity contribution in [3.8, 4) is 0 Å². The van der Waals surface area contributed by atoms with Crippen LogP contribution in [0.25, 0.3) is 0 Å². The van der Waals surface area contributed by atoms with Crippen LogP contribution in [-0.2, 0) is 4.79 Å². The van der Waals surface area contributed by atoms with Crippen LogP contribution in [0, 0.1) is 13.8 Å². The van der Waals surface area contributed by atoms with Crippen molar-refractivity contribution in [3.63, 3.8) is 0 Å². The van der Waals surface area contributed by atoms with E-state index in [4.69, 9.17) is 0 Å². The molecule has 1 aromatic rings. The minimum absolute atomic E-state index is 0.0360. The molecule has 1 nitrogen and oxygen atoms in total. The number of benzene rings is 1. The summed E-state index contributed by atoms with van der Waals surface area (Å²) in [6.45, 7) is 7.76. The molecule has 0 bridgehead atoms. The number of allylic oxidation sites excluding steroid dienone is 1. The molecule has 0 spiro atoms. The molecular weight excluding hydrogens is 172 g/mol. The van der Waals surface area contributed by atoms with Gasteiger partial charge in [-0.2, -0.15) is 0 Å². The summed E-state index contributed by atoms with van der Waals surface area (Å²) in [5.41, 5.74) is 3.50. The van der Waals surface area contributed by atoms with Gasteiger partial charge in [-0.1, -0.05) is 35.4 Å². The number of hydrogen-bond donors (Lipinski definition) is 0. The largest absolute Gasteiger partial charge is 0.303 e. The van der Waals surface area contributed by atoms with Crippen LogP contribution in [0.15, 0.2) is 30.9 Å². The van der Waals surface area contributed by atoms with E-state index in [1.165, 1.54) is 11.1 Å². The molecule has 0 fully saturated rings. The molecule has 0 aliphatic carbocycles. The van der Waals surface area contributed by atoms with Gasteiger partial charge < -0.3 is 4.79 Å². The van der Waals surface area contributed by atoms with Gasteiger partial charge >= 0.3 is 0 Å². The lowest BCUT2D eigenvalue weighted by Gasteiger charge is -2.10. The quantitative estimate of drug-likeness (QED) is 0.524. The van der Waals surface area contributed by atoms with Crippen LogP contribution in [0.1, 0.15) is 29.0 Å². The monoisotopic (exact) mass is 188 g/mol. The van der Waals surface area contributed by atoms with Gasteiger partial charge in [-0.3, -0.25) is 0 Å². The highest BCUT2D eigenvalue weighted by Crippen LogP contribution is 2.20. The first kappa shape index (κ1) is 10.7. The van der Waals surface area contributed by atoms with E-state index in [-0.39, 0.29) is 5.92 Å². The predicted octanol–water partition coefficient (Wildman–Crippen LogP) is 3.16. The molecule has 0 saturated carbocycles. The lowest BCUT2D eigenvalue weighted by atomic mass is 9.94. The van der Waals surface area contributed by atoms with Gasteiger partial charge in [0.1, 0.15) is 6.29 Å². The Morgan fingerprint density at radius 2 is 1.86 bits per heavy atom. The molecule has 74 valence electrons. The lowest BCUT2D eigenvalue weighted by Crippen LogP contribution is -1.99. The summed E-state index contributed by atoms with van der Waals surface area (Å²) in [4.78, 5) is 10.9. The van der Waals surface area contributed by atoms with Gasteiger partial charge in [0.05, 0.1) is 0 Å². The molecule has 1 heteroatoms. The van der Waals surface area contributed by atoms with Crippen LogP contribution in [-0.4, -0.2) is 6.29 Å². The van der Waals surface area contributed by atoms with Crippen molar-refractivity contribution < 1.29 is 4.79 Å². The zero-order chi connectivity index (χ0) is 10.6. The first-order valence-corrected chi connectivity index (χ1v) is 4.81. The van der Waals surface area contributed by atoms with E-state index in [0.717, 1.165) is 11.8 Å². The minimum Gasteiger partial charge on any atom is -0.303 e. The summed E-state index contributed by atoms with van der Waals surface area (Å²) in [6, 6.07) is 6.24. The zero-order valence-electron chi connectivity index (χ0n) is 8.79. The van der Waals surface area contributed by atoms with E-state index in [0.29, 0.717) is 6.42 Å². The van der Waals surface area contributed by atoms with Crippen LogP contribution < -0.4 is 0 Å². The summed E-state index contributed by atoms with van der Waals surface area (Å²) >= 11 is 0. The maximum Gasteiger partial charge on any atom is 0.127 e. The minimum atomic E-state index is -0.0360. The molecule has 1 aromatic carbocycles. The first-order chi connectivity index (χ1) is 6.67. The Bertz CT molecular complexity index is 319. The zero-order valence-corrected chi connectivity index (χ0v) is 8.79. The third-order valence-corrected chi connectivity index (χ3v) is 2.26. The van der Waals surface area contributed by atoms with Crippen molar-refractivity contribution in [2.24, 2.45) is 0 Å². The smallest absolute Gasteiger partial charge is 0.127 e. The van der Waals surface area contributed by atoms with Crippen LogP contribution in [0.3, 0.4) is 0 Å². The topological polar surface area (TPSA) is 17.1 Å². The fourth-order valence-corrected chi connectivity index (χ4v) is 1.67. The maximum absolute atomic E-state index is 10.9. The maximum atomic E-state index is 10.9. The van der Waals surface area contributed by atoms with E-state index < -0.39 is 0 Å². The second-order valence-electron chi connectivity index (χ2n) is 3.69. The van der Waals surface area contributed by atoms with Gasteiger partial charge in [-0.25, -0.2) is 0 Å². The van der Waals surface area contributed by atoms with Gasteiger partial charge in [-0.15, -0.1) is 6.58 Å². The van der Waals surface area contributed by atoms with Crippen LogP contribution >= 0.6 is 0 Å². The Labute approximate surface area is 85.5 Å². The summed E-state index contributed by atoms with van der Waals surface area (Å²) in [7, 11) is 0. The normalized spacial score (nSPS) is 12.1. The molecule has 0 aliphatic rings. The molecule has 14 heavy (non-hydrogen) atoms. The second kappa shape index (κ2) is 4.75. The van der Waals surface area contributed by atoms with Gasteiger partial charge in [0.25, 0.3) is 0 Å². The van der Waals surface area contributed by atoms with Gasteiger partial charge in [0.15, 0.2) is 0 Å². The Morgan fingerprint density at radius 3 is 2.29 bits per heavy atom. The van der Waals surface area contributed by atoms with Crippen molar-refractivity contribution >= 4 is 6.29 Å². The van der Waals surface area contributed by atoms with Crippen LogP contribution in [0.5, 0.6) is 0 Å². The molecule has 0 saturated heterocycles. The summed E-state index contributed by atoms with van der Waals surface area (Å²) < 4.78 is 0. The second-order valence-corrected chi connectivity index (χ2v) is 3.69. The lowest BCUT2D eigenvalue weighted by molar-refractivity contribution is -0.109. The molecule has 0 radical (unpaired) electrons. The van der Waals surface area contributed by atoms with Gasteiger partial charge in [0, 0.05) is 5.92 Å². The Kier molecular flexibility index (Phi) is 3.63. The number of carbonyl (C=O) groups is 1. The Balaban J connectivity index is 3.02. The third kappa shape index (κ3) is 2.56. The molecule has 0 amide bonds. The predicted molar refractivity (Wildman–Crippen MR) is 59.5 cm³/mol. The summed E-state index contributed by atoms with van der Waals surface area (Å²) in [5.74, 6) is -0.0360. The van der Waals surface area contributed by atoms with E-state index in [2.05, 4.69) is 24.8 Å². The highest BCUT2D eigenvalue weighted by molar-refractivity contribution is 5.63. The van der Waals surface area contributed by atoms with Crippen molar-refractivity contribution in [1.82, 2.24) is 0 Å². The van der Waals surface area contributed by atoms with E-state index >= 15 is 0 Å². The van der Waals surface area contributed by atoms with E-state index in [9.17, 15) is 4.79 Å². The van der Waals surface area contributed by atoms with E-state index in [1.54, 1.807) is 6.08 Å². The van der Waals surface area contributed by atoms with Gasteiger partial charge in [0.2, 0.25) is 0 Å². The molecular formula is C13H16O. The molecule has 0 heterocycles. The van der Waals surface area contributed by atoms with Crippen molar-refractivity contribution in [3.05, 3.63) is 47.5 Å². The molecule has 1 unspecified atom stereocenters. The third-order valence-electron chi connectivity index (χ3n) is 2.26. The average molecular weight is 188 g/mol. The number of aldehydes is 1. The fraction of sp³-hybridized carbons (Fsp3) is 0.308. The summed E-state index contributed by atoms with van der Waals surface area (Å²) in [6.07, 6.45) is 3.50. The van der Waals surface area contributed by atoms with Crippen molar-refractivity contribution in [1.29, 1.82) is 0 Å². The molecule has 0 aromatic heterocycles. The fourth-order valence-electron chi connectivity index (χ4n) is 1.67. The molecule has 1 atom stereocenters. The Morgan fingerprint density at radius 1 is 1.29 bits per heavy atom. The number of aryl methyl sites for hydroxylation is 2. The number of carbonyl (C=O) groups excluding carboxylic acids is 1. The average Bonchev–Trinajstić information content (AvgIpc) is 2.12. The number of hydrogen-bond acceptors (Lipinski definition) is 1. The molecule has 0 aliphatic heterocycles. The highest BCUT2D eigenvalue weighted by Gasteiger charge is 2.08. The standard InChI is InChI=1S/C13H16O/c1-4-5-12(9-14)13-7-10(2)6-11(3)8-13/h4,6-9,12H,1,5H2,2-3H3. The van der Waals surface area contributed by atoms with Crippen molar-refractivity contribution in [2.75, 3.05) is 0 Å². The first-order valence-electron chi connectivity index (χ1n) is 4.81. The van der Waals surface area contributed by atoms with Crippen LogP contribution in [0.2, 0.25) is 0 Å². The van der Waals surface area contributed by atoms with Crippen LogP contribution in [0.4, 0.5) is 0 Å². The number of rotatable bonds is 4. The Hall–Kier alpha value is -1.37. The highest BCUT2D eigenvalue weighted by atomic mass is 16.1.